The third-order valence-electron chi connectivity index (χ3n) is 5.27. The van der Waals surface area contributed by atoms with Crippen molar-refractivity contribution >= 4 is 46.8 Å². The van der Waals surface area contributed by atoms with E-state index in [1.54, 1.807) is 30.5 Å². The lowest BCUT2D eigenvalue weighted by molar-refractivity contribution is 0.365. The average molecular weight is 533 g/mol. The van der Waals surface area contributed by atoms with Crippen LogP contribution < -0.4 is 30.0 Å². The lowest BCUT2D eigenvalue weighted by Crippen LogP contribution is -2.28. The van der Waals surface area contributed by atoms with E-state index in [2.05, 4.69) is 4.98 Å². The highest BCUT2D eigenvalue weighted by Crippen LogP contribution is 2.66. The summed E-state index contributed by atoms with van der Waals surface area (Å²) >= 11 is 1.36. The second-order valence-corrected chi connectivity index (χ2v) is 13.9. The van der Waals surface area contributed by atoms with Crippen molar-refractivity contribution in [1.29, 1.82) is 0 Å². The number of hydrogen-bond donors (Lipinski definition) is 2. The molecule has 4 aromatic carbocycles. The quantitative estimate of drug-likeness (QED) is 0.238. The van der Waals surface area contributed by atoms with E-state index >= 15 is 0 Å². The molecule has 0 saturated carbocycles. The predicted molar refractivity (Wildman–Crippen MR) is 151 cm³/mol. The summed E-state index contributed by atoms with van der Waals surface area (Å²) in [4.78, 5) is 16.5. The van der Waals surface area contributed by atoms with Crippen LogP contribution in [0.25, 0.3) is 0 Å². The Labute approximate surface area is 214 Å². The molecule has 0 aliphatic rings. The van der Waals surface area contributed by atoms with Gasteiger partial charge in [0.05, 0.1) is 6.20 Å². The Bertz CT molecular complexity index is 1380. The monoisotopic (exact) mass is 532 g/mol. The summed E-state index contributed by atoms with van der Waals surface area (Å²) in [7, 11) is -6.79. The van der Waals surface area contributed by atoms with Crippen LogP contribution in [0.1, 0.15) is 0 Å². The number of rotatable bonds is 8. The second-order valence-electron chi connectivity index (χ2n) is 7.73. The first-order chi connectivity index (χ1) is 17.6. The van der Waals surface area contributed by atoms with Crippen LogP contribution in [0.15, 0.2) is 132 Å². The van der Waals surface area contributed by atoms with Crippen molar-refractivity contribution in [1.82, 2.24) is 4.98 Å². The minimum Gasteiger partial charge on any atom is -0.408 e. The number of anilines is 1. The first-order valence-corrected chi connectivity index (χ1v) is 15.2. The van der Waals surface area contributed by atoms with Crippen molar-refractivity contribution < 1.29 is 13.9 Å². The number of nitrogens with zero attached hydrogens (tertiary/aromatic N) is 2. The summed E-state index contributed by atoms with van der Waals surface area (Å²) in [5.74, 6) is 0.909. The summed E-state index contributed by atoms with van der Waals surface area (Å²) in [5.41, 5.74) is 6.11. The van der Waals surface area contributed by atoms with Gasteiger partial charge in [-0.3, -0.25) is 4.89 Å². The Balaban J connectivity index is 1.82. The van der Waals surface area contributed by atoms with E-state index in [4.69, 9.17) is 19.3 Å². The summed E-state index contributed by atoms with van der Waals surface area (Å²) in [6.07, 6.45) is 1.74. The molecule has 0 radical (unpaired) electrons. The molecule has 1 aromatic heterocycles. The maximum Gasteiger partial charge on any atom is 0.500 e. The van der Waals surface area contributed by atoms with Crippen LogP contribution in [0.2, 0.25) is 0 Å². The van der Waals surface area contributed by atoms with Gasteiger partial charge in [-0.25, -0.2) is 4.98 Å². The fourth-order valence-corrected chi connectivity index (χ4v) is 11.8. The van der Waals surface area contributed by atoms with Gasteiger partial charge in [0, 0.05) is 0 Å². The molecule has 5 aromatic rings. The molecule has 0 aliphatic heterocycles. The van der Waals surface area contributed by atoms with Gasteiger partial charge in [-0.2, -0.15) is 0 Å². The number of nitrogens with two attached hydrogens (primary N) is 1. The molecule has 0 bridgehead atoms. The summed E-state index contributed by atoms with van der Waals surface area (Å²) in [6, 6.07) is 38.0. The van der Waals surface area contributed by atoms with E-state index in [9.17, 15) is 4.89 Å². The van der Waals surface area contributed by atoms with E-state index in [0.717, 1.165) is 15.2 Å². The zero-order chi connectivity index (χ0) is 24.8. The third kappa shape index (κ3) is 5.20. The van der Waals surface area contributed by atoms with E-state index in [1.807, 2.05) is 97.1 Å². The molecule has 1 heterocycles. The molecule has 0 amide bonds. The Morgan fingerprint density at radius 3 is 1.50 bits per heavy atom. The van der Waals surface area contributed by atoms with Crippen LogP contribution in [-0.2, 0) is 0 Å². The number of thiazole rings is 1. The molecule has 0 atom stereocenters. The molecule has 6 nitrogen and oxygen atoms in total. The van der Waals surface area contributed by atoms with Crippen molar-refractivity contribution in [3.05, 3.63) is 128 Å². The molecule has 0 unspecified atom stereocenters. The average Bonchev–Trinajstić information content (AvgIpc) is 3.36. The first kappa shape index (κ1) is 24.2. The van der Waals surface area contributed by atoms with Gasteiger partial charge in [0.1, 0.15) is 22.1 Å². The molecule has 0 spiro atoms. The number of benzene rings is 4. The van der Waals surface area contributed by atoms with Crippen LogP contribution in [0.4, 0.5) is 5.13 Å². The molecule has 9 heteroatoms. The Morgan fingerprint density at radius 2 is 1.11 bits per heavy atom. The highest BCUT2D eigenvalue weighted by molar-refractivity contribution is 7.99. The van der Waals surface area contributed by atoms with Gasteiger partial charge in [-0.1, -0.05) is 84.1 Å². The largest absolute Gasteiger partial charge is 0.500 e. The molecule has 0 saturated heterocycles. The number of nitrogen functional groups attached to an aromatic ring is 1. The zero-order valence-electron chi connectivity index (χ0n) is 19.2. The molecular weight excluding hydrogens is 508 g/mol. The zero-order valence-corrected chi connectivity index (χ0v) is 21.8. The third-order valence-corrected chi connectivity index (χ3v) is 12.7. The highest BCUT2D eigenvalue weighted by atomic mass is 32.1. The fourth-order valence-electron chi connectivity index (χ4n) is 3.73. The predicted octanol–water partition coefficient (Wildman–Crippen LogP) is 6.03. The van der Waals surface area contributed by atoms with E-state index in [1.165, 1.54) is 11.3 Å². The lowest BCUT2D eigenvalue weighted by Gasteiger charge is -2.24. The summed E-state index contributed by atoms with van der Waals surface area (Å²) in [6.45, 7) is 0. The van der Waals surface area contributed by atoms with E-state index < -0.39 is 15.1 Å². The van der Waals surface area contributed by atoms with Crippen LogP contribution >= 0.6 is 26.5 Å². The first-order valence-electron chi connectivity index (χ1n) is 11.2. The van der Waals surface area contributed by atoms with Gasteiger partial charge in [-0.05, 0) is 53.0 Å². The Kier molecular flexibility index (Phi) is 7.17. The van der Waals surface area contributed by atoms with E-state index in [-0.39, 0.29) is 0 Å². The summed E-state index contributed by atoms with van der Waals surface area (Å²) < 4.78 is 18.4. The van der Waals surface area contributed by atoms with Crippen molar-refractivity contribution in [2.45, 2.75) is 0 Å². The van der Waals surface area contributed by atoms with Crippen molar-refractivity contribution in [2.75, 3.05) is 5.73 Å². The maximum atomic E-state index is 12.1. The number of hydrogen-bond acceptors (Lipinski definition) is 6. The smallest absolute Gasteiger partial charge is 0.408 e. The normalized spacial score (nSPS) is 11.6. The number of para-hydroxylation sites is 2. The van der Waals surface area contributed by atoms with Gasteiger partial charge in [-0.15, -0.1) is 0 Å². The van der Waals surface area contributed by atoms with Crippen molar-refractivity contribution in [3.8, 4) is 11.5 Å². The molecule has 0 fully saturated rings. The molecule has 3 N–H and O–H groups in total. The molecule has 0 aliphatic carbocycles. The van der Waals surface area contributed by atoms with Crippen LogP contribution in [0.5, 0.6) is 11.5 Å². The van der Waals surface area contributed by atoms with E-state index in [0.29, 0.717) is 16.6 Å². The molecule has 180 valence electrons. The lowest BCUT2D eigenvalue weighted by atomic mass is 10.3. The fraction of sp³-hybridized carbons (Fsp3) is 0. The number of aromatic nitrogens is 1. The minimum absolute atomic E-state index is 0.422. The minimum atomic E-state index is -3.91. The Morgan fingerprint density at radius 1 is 0.694 bits per heavy atom. The van der Waals surface area contributed by atoms with Crippen LogP contribution in [-0.4, -0.2) is 9.88 Å². The summed E-state index contributed by atoms with van der Waals surface area (Å²) in [5, 5.41) is 2.27. The van der Waals surface area contributed by atoms with Crippen molar-refractivity contribution in [2.24, 2.45) is 4.52 Å². The van der Waals surface area contributed by atoms with Crippen molar-refractivity contribution in [3.63, 3.8) is 0 Å². The standard InChI is InChI=1S/C27H24N3O3P2S/c28-27-29-21-26(36-27)34(24-17-9-3-10-18-24,25-19-11-4-12-20-25)30-35(31,32-22-13-5-1-6-14-22)33-23-15-7-2-8-16-23/h1-21,31H,(H2,28,29)/q+1. The highest BCUT2D eigenvalue weighted by Gasteiger charge is 2.52. The molecule has 36 heavy (non-hydrogen) atoms. The van der Waals surface area contributed by atoms with Gasteiger partial charge < -0.3 is 14.8 Å². The van der Waals surface area contributed by atoms with Gasteiger partial charge in [0.25, 0.3) is 7.41 Å². The topological polar surface area (TPSA) is 90.0 Å². The maximum absolute atomic E-state index is 12.1. The molecular formula is C27H24N3O3P2S+. The van der Waals surface area contributed by atoms with Gasteiger partial charge in [0.15, 0.2) is 5.13 Å². The van der Waals surface area contributed by atoms with Gasteiger partial charge >= 0.3 is 7.74 Å². The van der Waals surface area contributed by atoms with Gasteiger partial charge in [0.2, 0.25) is 4.62 Å². The second kappa shape index (κ2) is 10.7. The Hall–Kier alpha value is -3.47. The van der Waals surface area contributed by atoms with Crippen LogP contribution in [0.3, 0.4) is 0 Å². The SMILES string of the molecule is Nc1ncc([P+](N=P(O)(Oc2ccccc2)Oc2ccccc2)(c2ccccc2)c2ccccc2)s1. The van der Waals surface area contributed by atoms with Crippen LogP contribution in [0, 0.1) is 0 Å². The molecule has 5 rings (SSSR count).